The number of benzene rings is 2. The summed E-state index contributed by atoms with van der Waals surface area (Å²) in [4.78, 5) is 12.8. The molecule has 0 radical (unpaired) electrons. The molecule has 0 spiro atoms. The van der Waals surface area contributed by atoms with Gasteiger partial charge in [0.1, 0.15) is 18.1 Å². The fourth-order valence-corrected chi connectivity index (χ4v) is 2.76. The van der Waals surface area contributed by atoms with Crippen LogP contribution in [-0.2, 0) is 6.54 Å². The van der Waals surface area contributed by atoms with Crippen molar-refractivity contribution in [2.24, 2.45) is 0 Å². The van der Waals surface area contributed by atoms with Gasteiger partial charge in [-0.05, 0) is 36.6 Å². The molecule has 1 aliphatic rings. The van der Waals surface area contributed by atoms with Crippen molar-refractivity contribution in [3.63, 3.8) is 0 Å². The molecule has 6 heteroatoms. The number of nitrogens with zero attached hydrogens (tertiary/aromatic N) is 2. The van der Waals surface area contributed by atoms with Gasteiger partial charge in [0.05, 0.1) is 18.1 Å². The quantitative estimate of drug-likeness (QED) is 0.514. The van der Waals surface area contributed by atoms with E-state index in [0.29, 0.717) is 18.4 Å². The van der Waals surface area contributed by atoms with Crippen LogP contribution in [0.1, 0.15) is 18.4 Å². The van der Waals surface area contributed by atoms with E-state index in [2.05, 4.69) is 17.0 Å². The lowest BCUT2D eigenvalue weighted by atomic mass is 10.2. The monoisotopic (exact) mass is 342 g/mol. The molecule has 6 nitrogen and oxygen atoms in total. The number of hydrogen-bond acceptors (Lipinski definition) is 5. The van der Waals surface area contributed by atoms with E-state index in [0.717, 1.165) is 18.8 Å². The summed E-state index contributed by atoms with van der Waals surface area (Å²) in [6, 6.07) is 15.0. The van der Waals surface area contributed by atoms with Gasteiger partial charge in [0, 0.05) is 25.2 Å². The third-order valence-electron chi connectivity index (χ3n) is 4.28. The first-order valence-electron chi connectivity index (χ1n) is 8.40. The molecular formula is C19H22N2O4. The van der Waals surface area contributed by atoms with Crippen molar-refractivity contribution < 1.29 is 14.4 Å². The van der Waals surface area contributed by atoms with Gasteiger partial charge in [-0.3, -0.25) is 15.0 Å². The van der Waals surface area contributed by atoms with Crippen molar-refractivity contribution >= 4 is 5.69 Å². The molecule has 0 saturated heterocycles. The number of ether oxygens (including phenoxy) is 2. The Hall–Kier alpha value is -2.60. The van der Waals surface area contributed by atoms with Crippen molar-refractivity contribution in [1.29, 1.82) is 0 Å². The van der Waals surface area contributed by atoms with Crippen LogP contribution in [0.5, 0.6) is 11.5 Å². The Morgan fingerprint density at radius 2 is 1.92 bits per heavy atom. The van der Waals surface area contributed by atoms with E-state index < -0.39 is 4.92 Å². The molecule has 0 atom stereocenters. The largest absolute Gasteiger partial charge is 0.497 e. The van der Waals surface area contributed by atoms with Crippen LogP contribution in [0, 0.1) is 10.1 Å². The summed E-state index contributed by atoms with van der Waals surface area (Å²) in [7, 11) is 1.66. The molecular weight excluding hydrogens is 320 g/mol. The van der Waals surface area contributed by atoms with Gasteiger partial charge in [-0.15, -0.1) is 0 Å². The zero-order valence-corrected chi connectivity index (χ0v) is 14.3. The maximum atomic E-state index is 10.8. The Labute approximate surface area is 147 Å². The normalized spacial score (nSPS) is 13.7. The summed E-state index contributed by atoms with van der Waals surface area (Å²) >= 11 is 0. The van der Waals surface area contributed by atoms with Crippen molar-refractivity contribution in [2.45, 2.75) is 25.4 Å². The molecule has 132 valence electrons. The first-order chi connectivity index (χ1) is 12.2. The number of nitro groups is 1. The molecule has 25 heavy (non-hydrogen) atoms. The van der Waals surface area contributed by atoms with Gasteiger partial charge in [-0.2, -0.15) is 0 Å². The lowest BCUT2D eigenvalue weighted by Gasteiger charge is -2.22. The Balaban J connectivity index is 1.53. The summed E-state index contributed by atoms with van der Waals surface area (Å²) in [5.41, 5.74) is 1.29. The van der Waals surface area contributed by atoms with Crippen molar-refractivity contribution in [1.82, 2.24) is 4.90 Å². The maximum absolute atomic E-state index is 10.8. The van der Waals surface area contributed by atoms with Crippen LogP contribution in [0.4, 0.5) is 5.69 Å². The Morgan fingerprint density at radius 3 is 2.56 bits per heavy atom. The Kier molecular flexibility index (Phi) is 5.50. The van der Waals surface area contributed by atoms with E-state index in [1.807, 2.05) is 12.1 Å². The molecule has 3 rings (SSSR count). The smallest absolute Gasteiger partial charge is 0.273 e. The zero-order chi connectivity index (χ0) is 17.6. The average Bonchev–Trinajstić information content (AvgIpc) is 3.47. The lowest BCUT2D eigenvalue weighted by Crippen LogP contribution is -2.30. The van der Waals surface area contributed by atoms with Crippen LogP contribution in [0.3, 0.4) is 0 Å². The second kappa shape index (κ2) is 7.98. The highest BCUT2D eigenvalue weighted by molar-refractivity contribution is 5.37. The number of non-ortho nitro benzene ring substituents is 1. The predicted octanol–water partition coefficient (Wildman–Crippen LogP) is 3.65. The maximum Gasteiger partial charge on any atom is 0.273 e. The molecule has 0 aromatic heterocycles. The summed E-state index contributed by atoms with van der Waals surface area (Å²) in [5.74, 6) is 1.39. The molecule has 2 aromatic rings. The van der Waals surface area contributed by atoms with Crippen molar-refractivity contribution in [2.75, 3.05) is 20.3 Å². The molecule has 1 aliphatic carbocycles. The molecule has 0 heterocycles. The molecule has 0 amide bonds. The van der Waals surface area contributed by atoms with E-state index in [9.17, 15) is 10.1 Å². The minimum absolute atomic E-state index is 0.0507. The molecule has 1 fully saturated rings. The van der Waals surface area contributed by atoms with Gasteiger partial charge in [0.25, 0.3) is 5.69 Å². The molecule has 0 unspecified atom stereocenters. The zero-order valence-electron chi connectivity index (χ0n) is 14.3. The highest BCUT2D eigenvalue weighted by Gasteiger charge is 2.28. The van der Waals surface area contributed by atoms with Gasteiger partial charge in [-0.25, -0.2) is 0 Å². The van der Waals surface area contributed by atoms with E-state index >= 15 is 0 Å². The number of rotatable bonds is 9. The van der Waals surface area contributed by atoms with Crippen LogP contribution >= 0.6 is 0 Å². The average molecular weight is 342 g/mol. The van der Waals surface area contributed by atoms with Gasteiger partial charge in [0.2, 0.25) is 0 Å². The van der Waals surface area contributed by atoms with E-state index in [1.54, 1.807) is 19.2 Å². The van der Waals surface area contributed by atoms with Gasteiger partial charge in [0.15, 0.2) is 0 Å². The predicted molar refractivity (Wildman–Crippen MR) is 95.0 cm³/mol. The van der Waals surface area contributed by atoms with E-state index in [1.165, 1.54) is 30.5 Å². The Bertz CT molecular complexity index is 714. The molecule has 2 aromatic carbocycles. The Morgan fingerprint density at radius 1 is 1.16 bits per heavy atom. The third kappa shape index (κ3) is 4.93. The van der Waals surface area contributed by atoms with Crippen LogP contribution in [-0.4, -0.2) is 36.1 Å². The lowest BCUT2D eigenvalue weighted by molar-refractivity contribution is -0.384. The summed E-state index contributed by atoms with van der Waals surface area (Å²) in [6.07, 6.45) is 2.43. The summed E-state index contributed by atoms with van der Waals surface area (Å²) in [6.45, 7) is 2.17. The van der Waals surface area contributed by atoms with Crippen LogP contribution in [0.25, 0.3) is 0 Å². The highest BCUT2D eigenvalue weighted by atomic mass is 16.6. The SMILES string of the molecule is COc1ccc(CN(CCOc2cccc([N+](=O)[O-])c2)C2CC2)cc1. The highest BCUT2D eigenvalue weighted by Crippen LogP contribution is 2.28. The summed E-state index contributed by atoms with van der Waals surface area (Å²) < 4.78 is 10.9. The van der Waals surface area contributed by atoms with Gasteiger partial charge in [-0.1, -0.05) is 18.2 Å². The number of hydrogen-bond donors (Lipinski definition) is 0. The van der Waals surface area contributed by atoms with Crippen LogP contribution < -0.4 is 9.47 Å². The molecule has 1 saturated carbocycles. The van der Waals surface area contributed by atoms with Crippen LogP contribution in [0.15, 0.2) is 48.5 Å². The topological polar surface area (TPSA) is 64.8 Å². The number of nitro benzene ring substituents is 1. The molecule has 0 aliphatic heterocycles. The fourth-order valence-electron chi connectivity index (χ4n) is 2.76. The third-order valence-corrected chi connectivity index (χ3v) is 4.28. The number of methoxy groups -OCH3 is 1. The minimum Gasteiger partial charge on any atom is -0.497 e. The molecule has 0 N–H and O–H groups in total. The first-order valence-corrected chi connectivity index (χ1v) is 8.40. The second-order valence-electron chi connectivity index (χ2n) is 6.15. The molecule has 0 bridgehead atoms. The fraction of sp³-hybridized carbons (Fsp3) is 0.368. The van der Waals surface area contributed by atoms with E-state index in [-0.39, 0.29) is 5.69 Å². The van der Waals surface area contributed by atoms with Crippen molar-refractivity contribution in [3.8, 4) is 11.5 Å². The van der Waals surface area contributed by atoms with Crippen LogP contribution in [0.2, 0.25) is 0 Å². The van der Waals surface area contributed by atoms with E-state index in [4.69, 9.17) is 9.47 Å². The summed E-state index contributed by atoms with van der Waals surface area (Å²) in [5, 5.41) is 10.8. The minimum atomic E-state index is -0.410. The standard InChI is InChI=1S/C19H22N2O4/c1-24-18-9-5-15(6-10-18)14-20(16-7-8-16)11-12-25-19-4-2-3-17(13-19)21(22)23/h2-6,9-10,13,16H,7-8,11-12,14H2,1H3. The van der Waals surface area contributed by atoms with Gasteiger partial charge >= 0.3 is 0 Å². The van der Waals surface area contributed by atoms with Crippen molar-refractivity contribution in [3.05, 3.63) is 64.2 Å². The first kappa shape index (κ1) is 17.2. The van der Waals surface area contributed by atoms with Gasteiger partial charge < -0.3 is 9.47 Å². The second-order valence-corrected chi connectivity index (χ2v) is 6.15.